The van der Waals surface area contributed by atoms with E-state index in [0.717, 1.165) is 5.56 Å². The van der Waals surface area contributed by atoms with Crippen LogP contribution < -0.4 is 4.74 Å². The molecule has 1 aliphatic carbocycles. The van der Waals surface area contributed by atoms with E-state index in [9.17, 15) is 9.18 Å². The van der Waals surface area contributed by atoms with Crippen LogP contribution in [0.25, 0.3) is 0 Å². The number of hydrogen-bond acceptors (Lipinski definition) is 2. The van der Waals surface area contributed by atoms with Gasteiger partial charge in [-0.15, -0.1) is 0 Å². The Labute approximate surface area is 109 Å². The van der Waals surface area contributed by atoms with Crippen molar-refractivity contribution in [3.05, 3.63) is 27.7 Å². The second kappa shape index (κ2) is 4.11. The van der Waals surface area contributed by atoms with E-state index in [2.05, 4.69) is 31.9 Å². The molecule has 0 heterocycles. The summed E-state index contributed by atoms with van der Waals surface area (Å²) in [5.41, 5.74) is 1.23. The molecular formula is C11H9Br2FO2. The summed E-state index contributed by atoms with van der Waals surface area (Å²) in [5.74, 6) is 0.141. The van der Waals surface area contributed by atoms with Gasteiger partial charge in [0.15, 0.2) is 0 Å². The van der Waals surface area contributed by atoms with E-state index < -0.39 is 10.4 Å². The first-order valence-corrected chi connectivity index (χ1v) is 6.33. The number of fused-ring (bicyclic) bond motifs is 1. The predicted octanol–water partition coefficient (Wildman–Crippen LogP) is 3.65. The van der Waals surface area contributed by atoms with Gasteiger partial charge in [-0.1, -0.05) is 0 Å². The van der Waals surface area contributed by atoms with Crippen molar-refractivity contribution < 1.29 is 13.9 Å². The van der Waals surface area contributed by atoms with Crippen molar-refractivity contribution in [3.63, 3.8) is 0 Å². The minimum absolute atomic E-state index is 0.151. The lowest BCUT2D eigenvalue weighted by Gasteiger charge is -2.25. The van der Waals surface area contributed by atoms with Crippen LogP contribution in [-0.4, -0.2) is 17.5 Å². The number of rotatable bonds is 1. The molecule has 5 heteroatoms. The van der Waals surface area contributed by atoms with Gasteiger partial charge in [-0.05, 0) is 56.0 Å². The van der Waals surface area contributed by atoms with Crippen molar-refractivity contribution in [2.45, 2.75) is 17.4 Å². The minimum Gasteiger partial charge on any atom is -0.497 e. The van der Waals surface area contributed by atoms with Gasteiger partial charge in [0.1, 0.15) is 5.75 Å². The van der Waals surface area contributed by atoms with Crippen LogP contribution in [-0.2, 0) is 6.42 Å². The normalized spacial score (nSPS) is 24.1. The molecule has 1 atom stereocenters. The van der Waals surface area contributed by atoms with Crippen LogP contribution in [0.1, 0.15) is 22.3 Å². The molecule has 0 fully saturated rings. The summed E-state index contributed by atoms with van der Waals surface area (Å²) in [5, 5.41) is 0. The number of ether oxygens (including phenoxy) is 1. The summed E-state index contributed by atoms with van der Waals surface area (Å²) in [4.78, 5) is 11.9. The highest BCUT2D eigenvalue weighted by Gasteiger charge is 2.41. The number of benzene rings is 1. The molecule has 0 N–H and O–H groups in total. The third kappa shape index (κ3) is 1.91. The zero-order chi connectivity index (χ0) is 11.9. The Morgan fingerprint density at radius 3 is 2.81 bits per heavy atom. The van der Waals surface area contributed by atoms with Crippen molar-refractivity contribution >= 4 is 37.6 Å². The van der Waals surface area contributed by atoms with Crippen LogP contribution in [0.4, 0.5) is 4.39 Å². The van der Waals surface area contributed by atoms with Gasteiger partial charge >= 0.3 is 0 Å². The second-order valence-electron chi connectivity index (χ2n) is 3.68. The van der Waals surface area contributed by atoms with E-state index in [1.165, 1.54) is 0 Å². The summed E-state index contributed by atoms with van der Waals surface area (Å²) in [7, 11) is 1.56. The molecule has 0 saturated carbocycles. The lowest BCUT2D eigenvalue weighted by atomic mass is 9.89. The Morgan fingerprint density at radius 2 is 2.19 bits per heavy atom. The van der Waals surface area contributed by atoms with Crippen molar-refractivity contribution in [1.82, 2.24) is 0 Å². The molecule has 0 aliphatic heterocycles. The number of hydrogen-bond donors (Lipinski definition) is 0. The monoisotopic (exact) mass is 350 g/mol. The first kappa shape index (κ1) is 12.0. The maximum Gasteiger partial charge on any atom is 0.227 e. The van der Waals surface area contributed by atoms with E-state index >= 15 is 0 Å². The van der Waals surface area contributed by atoms with Gasteiger partial charge in [-0.25, -0.2) is 4.39 Å². The Kier molecular flexibility index (Phi) is 3.09. The van der Waals surface area contributed by atoms with Gasteiger partial charge in [0.2, 0.25) is 10.4 Å². The Hall–Kier alpha value is -0.420. The minimum atomic E-state index is -1.93. The summed E-state index contributed by atoms with van der Waals surface area (Å²) < 4.78 is 17.6. The van der Waals surface area contributed by atoms with Gasteiger partial charge in [0.25, 0.3) is 0 Å². The van der Waals surface area contributed by atoms with Crippen LogP contribution in [0.2, 0.25) is 0 Å². The molecule has 0 radical (unpaired) electrons. The number of carbonyl (C=O) groups excluding carboxylic acids is 1. The van der Waals surface area contributed by atoms with Crippen LogP contribution >= 0.6 is 31.9 Å². The van der Waals surface area contributed by atoms with Crippen LogP contribution in [0, 0.1) is 0 Å². The van der Waals surface area contributed by atoms with Crippen molar-refractivity contribution in [2.24, 2.45) is 0 Å². The second-order valence-corrected chi connectivity index (χ2v) is 5.79. The fraction of sp³-hybridized carbons (Fsp3) is 0.364. The third-order valence-electron chi connectivity index (χ3n) is 2.65. The average Bonchev–Trinajstić information content (AvgIpc) is 2.23. The zero-order valence-corrected chi connectivity index (χ0v) is 11.7. The highest BCUT2D eigenvalue weighted by molar-refractivity contribution is 9.10. The van der Waals surface area contributed by atoms with Gasteiger partial charge in [0.05, 0.1) is 7.11 Å². The molecule has 1 aliphatic rings. The van der Waals surface area contributed by atoms with Crippen LogP contribution in [0.15, 0.2) is 16.6 Å². The molecule has 1 aromatic rings. The largest absolute Gasteiger partial charge is 0.497 e. The number of aryl methyl sites for hydroxylation is 1. The smallest absolute Gasteiger partial charge is 0.227 e. The van der Waals surface area contributed by atoms with Crippen LogP contribution in [0.3, 0.4) is 0 Å². The Morgan fingerprint density at radius 1 is 1.50 bits per heavy atom. The molecule has 0 amide bonds. The lowest BCUT2D eigenvalue weighted by molar-refractivity contribution is 0.0822. The van der Waals surface area contributed by atoms with E-state index in [-0.39, 0.29) is 6.42 Å². The Balaban J connectivity index is 2.57. The van der Waals surface area contributed by atoms with Crippen molar-refractivity contribution in [2.75, 3.05) is 7.11 Å². The predicted molar refractivity (Wildman–Crippen MR) is 66.1 cm³/mol. The van der Waals surface area contributed by atoms with Crippen molar-refractivity contribution in [3.8, 4) is 5.75 Å². The third-order valence-corrected chi connectivity index (χ3v) is 4.03. The van der Waals surface area contributed by atoms with Crippen LogP contribution in [0.5, 0.6) is 5.75 Å². The number of halogens is 3. The highest BCUT2D eigenvalue weighted by atomic mass is 79.9. The van der Waals surface area contributed by atoms with E-state index in [1.54, 1.807) is 19.2 Å². The average molecular weight is 352 g/mol. The molecule has 86 valence electrons. The fourth-order valence-electron chi connectivity index (χ4n) is 1.79. The first-order valence-electron chi connectivity index (χ1n) is 4.75. The molecule has 1 unspecified atom stereocenters. The quantitative estimate of drug-likeness (QED) is 0.722. The van der Waals surface area contributed by atoms with E-state index in [1.807, 2.05) is 0 Å². The topological polar surface area (TPSA) is 26.3 Å². The number of methoxy groups -OCH3 is 1. The number of Topliss-reactive ketones (excluding diaryl/α,β-unsaturated/α-hetero) is 1. The van der Waals surface area contributed by atoms with Gasteiger partial charge in [0, 0.05) is 16.5 Å². The molecule has 2 rings (SSSR count). The SMILES string of the molecule is COc1cc(Br)c2c(c1)CCC(F)(Br)C2=O. The number of alkyl halides is 2. The molecule has 1 aromatic carbocycles. The standard InChI is InChI=1S/C11H9Br2FO2/c1-16-7-4-6-2-3-11(13,14)10(15)9(6)8(12)5-7/h4-5H,2-3H2,1H3. The molecule has 2 nitrogen and oxygen atoms in total. The lowest BCUT2D eigenvalue weighted by Crippen LogP contribution is -2.32. The van der Waals surface area contributed by atoms with E-state index in [4.69, 9.17) is 4.74 Å². The molecule has 0 spiro atoms. The summed E-state index contributed by atoms with van der Waals surface area (Å²) in [6, 6.07) is 3.45. The summed E-state index contributed by atoms with van der Waals surface area (Å²) in [6.07, 6.45) is 0.664. The van der Waals surface area contributed by atoms with Gasteiger partial charge < -0.3 is 4.74 Å². The molecule has 16 heavy (non-hydrogen) atoms. The Bertz CT molecular complexity index is 458. The van der Waals surface area contributed by atoms with E-state index in [0.29, 0.717) is 22.2 Å². The van der Waals surface area contributed by atoms with Gasteiger partial charge in [-0.3, -0.25) is 4.79 Å². The number of carbonyl (C=O) groups is 1. The number of ketones is 1. The zero-order valence-electron chi connectivity index (χ0n) is 8.52. The maximum atomic E-state index is 13.8. The highest BCUT2D eigenvalue weighted by Crippen LogP contribution is 2.40. The fourth-order valence-corrected chi connectivity index (χ4v) is 2.85. The molecule has 0 aromatic heterocycles. The molecule has 0 saturated heterocycles. The maximum absolute atomic E-state index is 13.8. The molecule has 0 bridgehead atoms. The summed E-state index contributed by atoms with van der Waals surface area (Å²) in [6.45, 7) is 0. The summed E-state index contributed by atoms with van der Waals surface area (Å²) >= 11 is 6.11. The molecular weight excluding hydrogens is 343 g/mol. The van der Waals surface area contributed by atoms with Crippen molar-refractivity contribution in [1.29, 1.82) is 0 Å². The van der Waals surface area contributed by atoms with Gasteiger partial charge in [-0.2, -0.15) is 0 Å². The first-order chi connectivity index (χ1) is 7.45.